The van der Waals surface area contributed by atoms with Gasteiger partial charge in [0.1, 0.15) is 12.6 Å². The number of carboxylic acid groups (broad SMARTS) is 1. The first-order chi connectivity index (χ1) is 10.8. The second-order valence-corrected chi connectivity index (χ2v) is 5.07. The zero-order valence-corrected chi connectivity index (χ0v) is 12.9. The Bertz CT molecular complexity index is 429. The van der Waals surface area contributed by atoms with E-state index in [2.05, 4.69) is 10.6 Å². The van der Waals surface area contributed by atoms with E-state index in [1.807, 2.05) is 0 Å². The zero-order valence-electron chi connectivity index (χ0n) is 12.9. The minimum Gasteiger partial charge on any atom is -0.480 e. The second-order valence-electron chi connectivity index (χ2n) is 5.07. The minimum atomic E-state index is -1.23. The zero-order chi connectivity index (χ0) is 17.8. The van der Waals surface area contributed by atoms with Gasteiger partial charge in [-0.05, 0) is 25.8 Å². The van der Waals surface area contributed by atoms with E-state index in [1.54, 1.807) is 0 Å². The molecular formula is C13H25N5O5. The Labute approximate surface area is 134 Å². The van der Waals surface area contributed by atoms with Crippen molar-refractivity contribution in [2.75, 3.05) is 13.1 Å². The molecule has 9 N–H and O–H groups in total. The summed E-state index contributed by atoms with van der Waals surface area (Å²) < 4.78 is 0. The van der Waals surface area contributed by atoms with Crippen LogP contribution >= 0.6 is 0 Å². The smallest absolute Gasteiger partial charge is 0.322 e. The van der Waals surface area contributed by atoms with Crippen LogP contribution in [0.15, 0.2) is 0 Å². The average Bonchev–Trinajstić information content (AvgIpc) is 2.48. The highest BCUT2D eigenvalue weighted by atomic mass is 16.4. The van der Waals surface area contributed by atoms with E-state index in [0.717, 1.165) is 6.42 Å². The summed E-state index contributed by atoms with van der Waals surface area (Å²) in [5.41, 5.74) is 16.1. The van der Waals surface area contributed by atoms with E-state index >= 15 is 0 Å². The molecule has 3 amide bonds. The van der Waals surface area contributed by atoms with Crippen LogP contribution in [0.25, 0.3) is 0 Å². The van der Waals surface area contributed by atoms with Gasteiger partial charge in [0.2, 0.25) is 17.7 Å². The van der Waals surface area contributed by atoms with Crippen LogP contribution in [0.1, 0.15) is 32.1 Å². The number of hydrogen-bond donors (Lipinski definition) is 6. The van der Waals surface area contributed by atoms with Crippen LogP contribution in [0.3, 0.4) is 0 Å². The lowest BCUT2D eigenvalue weighted by Crippen LogP contribution is -2.52. The quantitative estimate of drug-likeness (QED) is 0.211. The standard InChI is InChI=1S/C13H25N5O5/c14-6-2-1-3-8(15)12(22)18-9(4-5-10(16)19)13(23)17-7-11(20)21/h8-9H,1-7,14-15H2,(H2,16,19)(H,17,23)(H,18,22)(H,20,21). The Balaban J connectivity index is 4.59. The molecule has 10 nitrogen and oxygen atoms in total. The molecule has 0 fully saturated rings. The molecule has 0 bridgehead atoms. The van der Waals surface area contributed by atoms with E-state index in [0.29, 0.717) is 19.4 Å². The summed E-state index contributed by atoms with van der Waals surface area (Å²) in [6, 6.07) is -1.89. The third-order valence-corrected chi connectivity index (χ3v) is 3.03. The lowest BCUT2D eigenvalue weighted by Gasteiger charge is -2.20. The highest BCUT2D eigenvalue weighted by Gasteiger charge is 2.24. The molecule has 0 aliphatic carbocycles. The van der Waals surface area contributed by atoms with Crippen LogP contribution in [0, 0.1) is 0 Å². The molecule has 23 heavy (non-hydrogen) atoms. The van der Waals surface area contributed by atoms with E-state index in [4.69, 9.17) is 22.3 Å². The van der Waals surface area contributed by atoms with Gasteiger partial charge >= 0.3 is 5.97 Å². The molecule has 0 saturated heterocycles. The number of aliphatic carboxylic acids is 1. The number of nitrogens with two attached hydrogens (primary N) is 3. The van der Waals surface area contributed by atoms with Gasteiger partial charge < -0.3 is 32.9 Å². The van der Waals surface area contributed by atoms with Crippen molar-refractivity contribution in [3.05, 3.63) is 0 Å². The maximum Gasteiger partial charge on any atom is 0.322 e. The van der Waals surface area contributed by atoms with E-state index < -0.39 is 42.3 Å². The molecule has 2 atom stereocenters. The average molecular weight is 331 g/mol. The fraction of sp³-hybridized carbons (Fsp3) is 0.692. The van der Waals surface area contributed by atoms with Gasteiger partial charge in [0.15, 0.2) is 0 Å². The number of carboxylic acids is 1. The number of unbranched alkanes of at least 4 members (excludes halogenated alkanes) is 1. The van der Waals surface area contributed by atoms with Crippen LogP contribution in [0.2, 0.25) is 0 Å². The summed E-state index contributed by atoms with van der Waals surface area (Å²) in [5.74, 6) is -3.13. The van der Waals surface area contributed by atoms with Crippen LogP contribution < -0.4 is 27.8 Å². The molecule has 0 saturated carbocycles. The molecule has 132 valence electrons. The lowest BCUT2D eigenvalue weighted by atomic mass is 10.1. The number of nitrogens with one attached hydrogen (secondary N) is 2. The van der Waals surface area contributed by atoms with Crippen LogP contribution in [0.4, 0.5) is 0 Å². The first kappa shape index (κ1) is 20.8. The van der Waals surface area contributed by atoms with Gasteiger partial charge in [0, 0.05) is 6.42 Å². The summed E-state index contributed by atoms with van der Waals surface area (Å²) in [6.45, 7) is -0.0997. The van der Waals surface area contributed by atoms with Crippen molar-refractivity contribution < 1.29 is 24.3 Å². The maximum absolute atomic E-state index is 12.0. The third kappa shape index (κ3) is 10.2. The molecule has 0 aromatic rings. The molecule has 0 aromatic carbocycles. The summed E-state index contributed by atoms with van der Waals surface area (Å²) in [5, 5.41) is 13.1. The largest absolute Gasteiger partial charge is 0.480 e. The molecule has 0 radical (unpaired) electrons. The fourth-order valence-electron chi connectivity index (χ4n) is 1.76. The van der Waals surface area contributed by atoms with Crippen molar-refractivity contribution in [2.24, 2.45) is 17.2 Å². The van der Waals surface area contributed by atoms with Crippen molar-refractivity contribution in [1.82, 2.24) is 10.6 Å². The van der Waals surface area contributed by atoms with Crippen LogP contribution in [-0.2, 0) is 19.2 Å². The molecule has 0 spiro atoms. The van der Waals surface area contributed by atoms with Gasteiger partial charge in [0.05, 0.1) is 6.04 Å². The second kappa shape index (κ2) is 11.4. The Morgan fingerprint density at radius 2 is 1.70 bits per heavy atom. The first-order valence-electron chi connectivity index (χ1n) is 7.31. The third-order valence-electron chi connectivity index (χ3n) is 3.03. The van der Waals surface area contributed by atoms with E-state index in [1.165, 1.54) is 0 Å². The summed E-state index contributed by atoms with van der Waals surface area (Å²) in [7, 11) is 0. The summed E-state index contributed by atoms with van der Waals surface area (Å²) >= 11 is 0. The molecule has 0 rings (SSSR count). The van der Waals surface area contributed by atoms with Crippen LogP contribution in [0.5, 0.6) is 0 Å². The number of hydrogen-bond acceptors (Lipinski definition) is 6. The van der Waals surface area contributed by atoms with Crippen LogP contribution in [-0.4, -0.2) is 54.0 Å². The Morgan fingerprint density at radius 3 is 2.22 bits per heavy atom. The van der Waals surface area contributed by atoms with Gasteiger partial charge in [-0.2, -0.15) is 0 Å². The van der Waals surface area contributed by atoms with Crippen molar-refractivity contribution in [3.8, 4) is 0 Å². The fourth-order valence-corrected chi connectivity index (χ4v) is 1.76. The molecule has 0 aromatic heterocycles. The molecule has 0 aliphatic heterocycles. The molecule has 0 aliphatic rings. The molecule has 0 heterocycles. The molecule has 2 unspecified atom stereocenters. The highest BCUT2D eigenvalue weighted by molar-refractivity contribution is 5.91. The number of primary amides is 1. The number of carbonyl (C=O) groups is 4. The first-order valence-corrected chi connectivity index (χ1v) is 7.31. The van der Waals surface area contributed by atoms with Gasteiger partial charge in [-0.3, -0.25) is 19.2 Å². The summed E-state index contributed by atoms with van der Waals surface area (Å²) in [4.78, 5) is 45.1. The normalized spacial score (nSPS) is 13.0. The lowest BCUT2D eigenvalue weighted by molar-refractivity contribution is -0.138. The van der Waals surface area contributed by atoms with Crippen molar-refractivity contribution >= 4 is 23.7 Å². The minimum absolute atomic E-state index is 0.0396. The predicted molar refractivity (Wildman–Crippen MR) is 81.9 cm³/mol. The highest BCUT2D eigenvalue weighted by Crippen LogP contribution is 2.02. The van der Waals surface area contributed by atoms with Gasteiger partial charge in [0.25, 0.3) is 0 Å². The van der Waals surface area contributed by atoms with E-state index in [9.17, 15) is 19.2 Å². The topological polar surface area (TPSA) is 191 Å². The Morgan fingerprint density at radius 1 is 1.04 bits per heavy atom. The van der Waals surface area contributed by atoms with Gasteiger partial charge in [-0.25, -0.2) is 0 Å². The number of amides is 3. The van der Waals surface area contributed by atoms with Crippen molar-refractivity contribution in [2.45, 2.75) is 44.2 Å². The van der Waals surface area contributed by atoms with Gasteiger partial charge in [-0.1, -0.05) is 6.42 Å². The molecule has 10 heteroatoms. The predicted octanol–water partition coefficient (Wildman–Crippen LogP) is -2.61. The van der Waals surface area contributed by atoms with E-state index in [-0.39, 0.29) is 12.8 Å². The van der Waals surface area contributed by atoms with Crippen molar-refractivity contribution in [3.63, 3.8) is 0 Å². The number of rotatable bonds is 12. The SMILES string of the molecule is NCCCCC(N)C(=O)NC(CCC(N)=O)C(=O)NCC(=O)O. The monoisotopic (exact) mass is 331 g/mol. The van der Waals surface area contributed by atoms with Crippen molar-refractivity contribution in [1.29, 1.82) is 0 Å². The maximum atomic E-state index is 12.0. The Hall–Kier alpha value is -2.20. The molecular weight excluding hydrogens is 306 g/mol. The van der Waals surface area contributed by atoms with Gasteiger partial charge in [-0.15, -0.1) is 0 Å². The summed E-state index contributed by atoms with van der Waals surface area (Å²) in [6.07, 6.45) is 1.63. The number of carbonyl (C=O) groups excluding carboxylic acids is 3. The Kier molecular flexibility index (Phi) is 10.3.